The minimum absolute atomic E-state index is 0.0166. The van der Waals surface area contributed by atoms with Crippen LogP contribution in [0.2, 0.25) is 0 Å². The van der Waals surface area contributed by atoms with Crippen molar-refractivity contribution in [3.05, 3.63) is 72.1 Å². The van der Waals surface area contributed by atoms with Crippen molar-refractivity contribution in [1.29, 1.82) is 0 Å². The Morgan fingerprint density at radius 3 is 2.59 bits per heavy atom. The van der Waals surface area contributed by atoms with E-state index in [1.165, 1.54) is 0 Å². The number of aryl methyl sites for hydroxylation is 1. The Bertz CT molecular complexity index is 1310. The maximum absolute atomic E-state index is 12.6. The summed E-state index contributed by atoms with van der Waals surface area (Å²) in [6.45, 7) is 4.02. The summed E-state index contributed by atoms with van der Waals surface area (Å²) in [5.74, 6) is 1.67. The summed E-state index contributed by atoms with van der Waals surface area (Å²) in [7, 11) is 0. The van der Waals surface area contributed by atoms with E-state index in [-0.39, 0.29) is 18.4 Å². The summed E-state index contributed by atoms with van der Waals surface area (Å²) in [5.41, 5.74) is 1.10. The van der Waals surface area contributed by atoms with Crippen LogP contribution < -0.4 is 19.7 Å². The van der Waals surface area contributed by atoms with E-state index in [2.05, 4.69) is 20.2 Å². The van der Waals surface area contributed by atoms with Crippen LogP contribution >= 0.6 is 0 Å². The second-order valence-corrected chi connectivity index (χ2v) is 10.1. The van der Waals surface area contributed by atoms with Crippen molar-refractivity contribution in [2.75, 3.05) is 29.9 Å². The van der Waals surface area contributed by atoms with E-state index in [0.29, 0.717) is 44.0 Å². The molecule has 1 aliphatic carbocycles. The molecule has 0 unspecified atom stereocenters. The van der Waals surface area contributed by atoms with Gasteiger partial charge in [-0.1, -0.05) is 36.4 Å². The number of hydrogen-bond acceptors (Lipinski definition) is 7. The highest BCUT2D eigenvalue weighted by Crippen LogP contribution is 2.48. The van der Waals surface area contributed by atoms with Crippen molar-refractivity contribution in [3.8, 4) is 11.5 Å². The van der Waals surface area contributed by atoms with Crippen LogP contribution in [0.5, 0.6) is 11.5 Å². The van der Waals surface area contributed by atoms with E-state index in [4.69, 9.17) is 9.47 Å². The Kier molecular flexibility index (Phi) is 7.95. The zero-order valence-corrected chi connectivity index (χ0v) is 22.1. The molecule has 1 aliphatic heterocycles. The number of piperidine rings is 1. The summed E-state index contributed by atoms with van der Waals surface area (Å²) in [6.07, 6.45) is 7.31. The summed E-state index contributed by atoms with van der Waals surface area (Å²) < 4.78 is 12.0. The Labute approximate surface area is 228 Å². The van der Waals surface area contributed by atoms with Gasteiger partial charge < -0.3 is 24.8 Å². The Balaban J connectivity index is 1.14. The van der Waals surface area contributed by atoms with Crippen molar-refractivity contribution >= 4 is 23.5 Å². The molecule has 2 aromatic carbocycles. The van der Waals surface area contributed by atoms with Crippen molar-refractivity contribution in [3.63, 3.8) is 0 Å². The van der Waals surface area contributed by atoms with Gasteiger partial charge in [0.1, 0.15) is 11.9 Å². The van der Waals surface area contributed by atoms with E-state index in [9.17, 15) is 14.7 Å². The molecule has 2 heterocycles. The average Bonchev–Trinajstić information content (AvgIpc) is 3.76. The number of aromatic nitrogens is 2. The van der Waals surface area contributed by atoms with Gasteiger partial charge >= 0.3 is 5.97 Å². The topological polar surface area (TPSA) is 114 Å². The normalized spacial score (nSPS) is 17.8. The standard InChI is InChI=1S/C30H34N4O5/c1-2-38-24-7-3-4-8-25(24)39-23-6-5-17-34(20-23)27-19-31-18-26(32-27)33-28(35)14-11-21-9-12-22(13-10-21)30(15-16-30)29(36)37/h3-4,7-10,12-13,18-19,23H,2,5-6,11,14-17,20H2,1H3,(H,36,37)(H,32,33,35)/t23-/m1/s1. The van der Waals surface area contributed by atoms with Gasteiger partial charge in [-0.25, -0.2) is 4.98 Å². The number of carboxylic acid groups (broad SMARTS) is 1. The van der Waals surface area contributed by atoms with E-state index < -0.39 is 11.4 Å². The lowest BCUT2D eigenvalue weighted by Gasteiger charge is -2.33. The zero-order valence-electron chi connectivity index (χ0n) is 22.1. The third-order valence-electron chi connectivity index (χ3n) is 7.34. The smallest absolute Gasteiger partial charge is 0.314 e. The highest BCUT2D eigenvalue weighted by molar-refractivity contribution is 5.90. The molecule has 1 atom stereocenters. The largest absolute Gasteiger partial charge is 0.490 e. The summed E-state index contributed by atoms with van der Waals surface area (Å²) in [5, 5.41) is 12.3. The molecule has 5 rings (SSSR count). The monoisotopic (exact) mass is 530 g/mol. The number of nitrogens with zero attached hydrogens (tertiary/aromatic N) is 3. The van der Waals surface area contributed by atoms with Crippen LogP contribution in [0.3, 0.4) is 0 Å². The van der Waals surface area contributed by atoms with Gasteiger partial charge in [0.2, 0.25) is 5.91 Å². The number of nitrogens with one attached hydrogen (secondary N) is 1. The van der Waals surface area contributed by atoms with Gasteiger partial charge in [0.15, 0.2) is 17.3 Å². The number of rotatable bonds is 11. The fourth-order valence-electron chi connectivity index (χ4n) is 5.02. The summed E-state index contributed by atoms with van der Waals surface area (Å²) in [6, 6.07) is 15.3. The lowest BCUT2D eigenvalue weighted by atomic mass is 9.94. The highest BCUT2D eigenvalue weighted by Gasteiger charge is 2.51. The molecule has 0 bridgehead atoms. The van der Waals surface area contributed by atoms with Gasteiger partial charge in [0, 0.05) is 13.0 Å². The number of anilines is 2. The zero-order chi connectivity index (χ0) is 27.2. The number of para-hydroxylation sites is 2. The minimum Gasteiger partial charge on any atom is -0.490 e. The van der Waals surface area contributed by atoms with Crippen molar-refractivity contribution in [2.45, 2.75) is 57.0 Å². The van der Waals surface area contributed by atoms with E-state index in [1.807, 2.05) is 55.5 Å². The number of benzene rings is 2. The first kappa shape index (κ1) is 26.5. The molecule has 0 spiro atoms. The fraction of sp³-hybridized carbons (Fsp3) is 0.400. The summed E-state index contributed by atoms with van der Waals surface area (Å²) >= 11 is 0. The van der Waals surface area contributed by atoms with E-state index in [1.54, 1.807) is 12.4 Å². The predicted octanol–water partition coefficient (Wildman–Crippen LogP) is 4.61. The minimum atomic E-state index is -0.766. The van der Waals surface area contributed by atoms with Crippen molar-refractivity contribution < 1.29 is 24.2 Å². The molecule has 0 radical (unpaired) electrons. The Hall–Kier alpha value is -4.14. The number of hydrogen-bond donors (Lipinski definition) is 2. The SMILES string of the molecule is CCOc1ccccc1O[C@@H]1CCCN(c2cncc(NC(=O)CCc3ccc(C4(C(=O)O)CC4)cc3)n2)C1. The van der Waals surface area contributed by atoms with Crippen LogP contribution in [0.1, 0.15) is 50.2 Å². The molecule has 1 saturated carbocycles. The molecule has 9 nitrogen and oxygen atoms in total. The maximum Gasteiger partial charge on any atom is 0.314 e. The first-order valence-electron chi connectivity index (χ1n) is 13.5. The molecule has 39 heavy (non-hydrogen) atoms. The van der Waals surface area contributed by atoms with Gasteiger partial charge in [-0.3, -0.25) is 14.6 Å². The number of aliphatic carboxylic acids is 1. The number of carboxylic acids is 1. The van der Waals surface area contributed by atoms with Crippen molar-refractivity contribution in [1.82, 2.24) is 9.97 Å². The second kappa shape index (κ2) is 11.7. The molecular formula is C30H34N4O5. The molecular weight excluding hydrogens is 496 g/mol. The number of amides is 1. The predicted molar refractivity (Wildman–Crippen MR) is 147 cm³/mol. The van der Waals surface area contributed by atoms with Gasteiger partial charge in [0.05, 0.1) is 31.0 Å². The molecule has 204 valence electrons. The molecule has 9 heteroatoms. The molecule has 3 aromatic rings. The van der Waals surface area contributed by atoms with Crippen LogP contribution in [0.25, 0.3) is 0 Å². The maximum atomic E-state index is 12.6. The molecule has 1 saturated heterocycles. The number of carbonyl (C=O) groups is 2. The molecule has 2 aliphatic rings. The number of carbonyl (C=O) groups excluding carboxylic acids is 1. The first-order chi connectivity index (χ1) is 19.0. The van der Waals surface area contributed by atoms with E-state index >= 15 is 0 Å². The van der Waals surface area contributed by atoms with Crippen LogP contribution in [0.4, 0.5) is 11.6 Å². The van der Waals surface area contributed by atoms with Crippen LogP contribution in [-0.4, -0.2) is 52.8 Å². The van der Waals surface area contributed by atoms with Crippen LogP contribution in [-0.2, 0) is 21.4 Å². The van der Waals surface area contributed by atoms with Gasteiger partial charge in [0.25, 0.3) is 0 Å². The molecule has 1 amide bonds. The third kappa shape index (κ3) is 6.30. The van der Waals surface area contributed by atoms with Crippen LogP contribution in [0, 0.1) is 0 Å². The molecule has 2 fully saturated rings. The van der Waals surface area contributed by atoms with Gasteiger partial charge in [-0.05, 0) is 62.3 Å². The fourth-order valence-corrected chi connectivity index (χ4v) is 5.02. The lowest BCUT2D eigenvalue weighted by Crippen LogP contribution is -2.41. The average molecular weight is 531 g/mol. The van der Waals surface area contributed by atoms with Gasteiger partial charge in [-0.15, -0.1) is 0 Å². The van der Waals surface area contributed by atoms with E-state index in [0.717, 1.165) is 42.0 Å². The third-order valence-corrected chi connectivity index (χ3v) is 7.34. The van der Waals surface area contributed by atoms with Crippen LogP contribution in [0.15, 0.2) is 60.9 Å². The van der Waals surface area contributed by atoms with Gasteiger partial charge in [-0.2, -0.15) is 0 Å². The summed E-state index contributed by atoms with van der Waals surface area (Å²) in [4.78, 5) is 35.2. The lowest BCUT2D eigenvalue weighted by molar-refractivity contribution is -0.140. The molecule has 2 N–H and O–H groups in total. The quantitative estimate of drug-likeness (QED) is 0.370. The van der Waals surface area contributed by atoms with Crippen molar-refractivity contribution in [2.24, 2.45) is 0 Å². The second-order valence-electron chi connectivity index (χ2n) is 10.1. The first-order valence-corrected chi connectivity index (χ1v) is 13.5. The Morgan fingerprint density at radius 2 is 1.87 bits per heavy atom. The molecule has 1 aromatic heterocycles. The Morgan fingerprint density at radius 1 is 1.10 bits per heavy atom. The highest BCUT2D eigenvalue weighted by atomic mass is 16.5. The number of ether oxygens (including phenoxy) is 2.